The fourth-order valence-electron chi connectivity index (χ4n) is 2.15. The van der Waals surface area contributed by atoms with Gasteiger partial charge in [-0.25, -0.2) is 14.5 Å². The van der Waals surface area contributed by atoms with Crippen molar-refractivity contribution >= 4 is 23.7 Å². The van der Waals surface area contributed by atoms with E-state index in [4.69, 9.17) is 5.73 Å². The van der Waals surface area contributed by atoms with Crippen LogP contribution in [0.3, 0.4) is 0 Å². The lowest BCUT2D eigenvalue weighted by molar-refractivity contribution is -0.119. The maximum atomic E-state index is 11.8. The first-order valence-electron chi connectivity index (χ1n) is 7.34. The maximum Gasteiger partial charge on any atom is 0.318 e. The molecule has 7 nitrogen and oxygen atoms in total. The van der Waals surface area contributed by atoms with Gasteiger partial charge in [-0.2, -0.15) is 0 Å². The lowest BCUT2D eigenvalue weighted by Gasteiger charge is -2.06. The van der Waals surface area contributed by atoms with E-state index < -0.39 is 17.2 Å². The van der Waals surface area contributed by atoms with Gasteiger partial charge in [-0.15, -0.1) is 5.10 Å². The summed E-state index contributed by atoms with van der Waals surface area (Å²) in [5.74, 6) is 0.888. The molecule has 0 saturated heterocycles. The molecule has 1 atom stereocenters. The number of nitrogens with zero attached hydrogens (tertiary/aromatic N) is 3. The summed E-state index contributed by atoms with van der Waals surface area (Å²) in [7, 11) is 0. The molecule has 1 aliphatic rings. The Morgan fingerprint density at radius 2 is 2.04 bits per heavy atom. The van der Waals surface area contributed by atoms with Crippen LogP contribution in [0.1, 0.15) is 31.5 Å². The predicted molar refractivity (Wildman–Crippen MR) is 86.4 cm³/mol. The number of amides is 3. The summed E-state index contributed by atoms with van der Waals surface area (Å²) in [5, 5.41) is 6.59. The minimum absolute atomic E-state index is 0.423. The molecule has 3 N–H and O–H groups in total. The molecule has 3 rings (SSSR count). The van der Waals surface area contributed by atoms with Gasteiger partial charge in [0.2, 0.25) is 11.1 Å². The Kier molecular flexibility index (Phi) is 4.33. The maximum absolute atomic E-state index is 11.8. The Hall–Kier alpha value is -2.35. The summed E-state index contributed by atoms with van der Waals surface area (Å²) < 4.78 is 1.83. The van der Waals surface area contributed by atoms with Gasteiger partial charge in [0, 0.05) is 5.92 Å². The van der Waals surface area contributed by atoms with Gasteiger partial charge in [0.05, 0.1) is 10.9 Å². The van der Waals surface area contributed by atoms with Crippen LogP contribution in [0.2, 0.25) is 0 Å². The van der Waals surface area contributed by atoms with E-state index in [-0.39, 0.29) is 0 Å². The van der Waals surface area contributed by atoms with E-state index in [1.165, 1.54) is 11.8 Å². The van der Waals surface area contributed by atoms with Crippen molar-refractivity contribution in [2.24, 2.45) is 5.73 Å². The molecule has 1 aliphatic carbocycles. The third kappa shape index (κ3) is 3.70. The summed E-state index contributed by atoms with van der Waals surface area (Å²) >= 11 is 1.21. The zero-order valence-corrected chi connectivity index (χ0v) is 13.4. The Morgan fingerprint density at radius 3 is 2.65 bits per heavy atom. The molecular formula is C15H17N5O2S. The Balaban J connectivity index is 1.81. The van der Waals surface area contributed by atoms with Crippen LogP contribution < -0.4 is 11.1 Å². The summed E-state index contributed by atoms with van der Waals surface area (Å²) in [5.41, 5.74) is 5.91. The topological polar surface area (TPSA) is 103 Å². The van der Waals surface area contributed by atoms with Crippen molar-refractivity contribution in [1.29, 1.82) is 0 Å². The van der Waals surface area contributed by atoms with Gasteiger partial charge >= 0.3 is 6.03 Å². The van der Waals surface area contributed by atoms with Crippen molar-refractivity contribution in [1.82, 2.24) is 20.1 Å². The van der Waals surface area contributed by atoms with Crippen LogP contribution in [-0.4, -0.2) is 32.0 Å². The number of hydrogen-bond donors (Lipinski definition) is 2. The normalized spacial score (nSPS) is 15.2. The van der Waals surface area contributed by atoms with Crippen LogP contribution in [0.25, 0.3) is 5.69 Å². The number of aromatic nitrogens is 3. The van der Waals surface area contributed by atoms with E-state index >= 15 is 0 Å². The van der Waals surface area contributed by atoms with Crippen molar-refractivity contribution in [3.8, 4) is 5.69 Å². The molecule has 1 heterocycles. The monoisotopic (exact) mass is 331 g/mol. The largest absolute Gasteiger partial charge is 0.351 e. The quantitative estimate of drug-likeness (QED) is 0.814. The number of carbonyl (C=O) groups is 2. The van der Waals surface area contributed by atoms with Crippen LogP contribution in [0.5, 0.6) is 0 Å². The minimum Gasteiger partial charge on any atom is -0.351 e. The number of rotatable bonds is 5. The zero-order valence-electron chi connectivity index (χ0n) is 12.6. The van der Waals surface area contributed by atoms with E-state index in [1.54, 1.807) is 6.92 Å². The number of benzene rings is 1. The molecule has 8 heteroatoms. The zero-order chi connectivity index (χ0) is 16.4. The fourth-order valence-corrected chi connectivity index (χ4v) is 2.91. The van der Waals surface area contributed by atoms with Crippen molar-refractivity contribution in [3.63, 3.8) is 0 Å². The van der Waals surface area contributed by atoms with Crippen LogP contribution in [0.4, 0.5) is 4.79 Å². The number of urea groups is 1. The SMILES string of the molecule is C[C@@H](Sc1nc(C2CC2)n(-c2ccccc2)n1)C(=O)NC(N)=O. The van der Waals surface area contributed by atoms with Gasteiger partial charge in [0.15, 0.2) is 0 Å². The highest BCUT2D eigenvalue weighted by atomic mass is 32.2. The predicted octanol–water partition coefficient (Wildman–Crippen LogP) is 1.82. The first-order valence-corrected chi connectivity index (χ1v) is 8.22. The smallest absolute Gasteiger partial charge is 0.318 e. The molecule has 0 bridgehead atoms. The summed E-state index contributed by atoms with van der Waals surface area (Å²) in [6.45, 7) is 1.68. The second-order valence-corrected chi connectivity index (χ2v) is 6.70. The molecule has 3 amide bonds. The molecule has 1 fully saturated rings. The van der Waals surface area contributed by atoms with Gasteiger partial charge in [0.1, 0.15) is 5.82 Å². The minimum atomic E-state index is -0.858. The third-order valence-corrected chi connectivity index (χ3v) is 4.41. The molecule has 0 aliphatic heterocycles. The van der Waals surface area contributed by atoms with Gasteiger partial charge in [-0.3, -0.25) is 10.1 Å². The number of para-hydroxylation sites is 1. The van der Waals surface area contributed by atoms with Crippen LogP contribution in [-0.2, 0) is 4.79 Å². The lowest BCUT2D eigenvalue weighted by Crippen LogP contribution is -2.39. The lowest BCUT2D eigenvalue weighted by atomic mass is 10.3. The van der Waals surface area contributed by atoms with Crippen LogP contribution in [0, 0.1) is 0 Å². The average molecular weight is 331 g/mol. The van der Waals surface area contributed by atoms with Gasteiger partial charge in [0.25, 0.3) is 0 Å². The molecule has 1 aromatic carbocycles. The molecule has 120 valence electrons. The number of carbonyl (C=O) groups excluding carboxylic acids is 2. The molecule has 1 aromatic heterocycles. The molecule has 0 radical (unpaired) electrons. The molecule has 2 aromatic rings. The van der Waals surface area contributed by atoms with Crippen LogP contribution in [0.15, 0.2) is 35.5 Å². The van der Waals surface area contributed by atoms with Crippen molar-refractivity contribution in [2.45, 2.75) is 36.1 Å². The number of thioether (sulfide) groups is 1. The molecule has 23 heavy (non-hydrogen) atoms. The highest BCUT2D eigenvalue weighted by Crippen LogP contribution is 2.40. The van der Waals surface area contributed by atoms with Gasteiger partial charge < -0.3 is 5.73 Å². The van der Waals surface area contributed by atoms with Crippen molar-refractivity contribution < 1.29 is 9.59 Å². The Morgan fingerprint density at radius 1 is 1.35 bits per heavy atom. The highest BCUT2D eigenvalue weighted by Gasteiger charge is 2.31. The summed E-state index contributed by atoms with van der Waals surface area (Å²) in [6.07, 6.45) is 2.21. The number of nitrogens with one attached hydrogen (secondary N) is 1. The first kappa shape index (κ1) is 15.5. The standard InChI is InChI=1S/C15H17N5O2S/c1-9(13(21)18-14(16)22)23-15-17-12(10-7-8-10)20(19-15)11-5-3-2-4-6-11/h2-6,9-10H,7-8H2,1H3,(H3,16,18,21,22)/t9-/m1/s1. The number of imide groups is 1. The number of primary amides is 1. The van der Waals surface area contributed by atoms with Crippen LogP contribution >= 0.6 is 11.8 Å². The number of hydrogen-bond acceptors (Lipinski definition) is 5. The van der Waals surface area contributed by atoms with E-state index in [0.717, 1.165) is 24.4 Å². The Bertz CT molecular complexity index is 727. The van der Waals surface area contributed by atoms with Gasteiger partial charge in [-0.05, 0) is 31.9 Å². The molecule has 0 spiro atoms. The number of nitrogens with two attached hydrogens (primary N) is 1. The van der Waals surface area contributed by atoms with E-state index in [1.807, 2.05) is 35.0 Å². The highest BCUT2D eigenvalue weighted by molar-refractivity contribution is 8.00. The van der Waals surface area contributed by atoms with Crippen molar-refractivity contribution in [3.05, 3.63) is 36.2 Å². The first-order chi connectivity index (χ1) is 11.0. The summed E-state index contributed by atoms with van der Waals surface area (Å²) in [6, 6.07) is 8.93. The second kappa shape index (κ2) is 6.41. The second-order valence-electron chi connectivity index (χ2n) is 5.39. The fraction of sp³-hybridized carbons (Fsp3) is 0.333. The van der Waals surface area contributed by atoms with Crippen molar-refractivity contribution in [2.75, 3.05) is 0 Å². The molecule has 1 saturated carbocycles. The molecule has 0 unspecified atom stereocenters. The van der Waals surface area contributed by atoms with E-state index in [0.29, 0.717) is 11.1 Å². The third-order valence-electron chi connectivity index (χ3n) is 3.45. The van der Waals surface area contributed by atoms with E-state index in [9.17, 15) is 9.59 Å². The molecular weight excluding hydrogens is 314 g/mol. The average Bonchev–Trinajstić information content (AvgIpc) is 3.28. The Labute approximate surface area is 137 Å². The summed E-state index contributed by atoms with van der Waals surface area (Å²) in [4.78, 5) is 27.1. The van der Waals surface area contributed by atoms with Gasteiger partial charge in [-0.1, -0.05) is 30.0 Å². The van der Waals surface area contributed by atoms with E-state index in [2.05, 4.69) is 15.4 Å².